The van der Waals surface area contributed by atoms with Crippen LogP contribution in [0.15, 0.2) is 18.2 Å². The van der Waals surface area contributed by atoms with Gasteiger partial charge in [0.1, 0.15) is 5.54 Å². The van der Waals surface area contributed by atoms with Crippen LogP contribution in [0.1, 0.15) is 12.5 Å². The Kier molecular flexibility index (Phi) is 3.20. The first-order valence-electron chi connectivity index (χ1n) is 5.60. The molecule has 0 spiro atoms. The van der Waals surface area contributed by atoms with E-state index in [2.05, 4.69) is 5.32 Å². The minimum Gasteiger partial charge on any atom is -0.480 e. The molecule has 0 saturated carbocycles. The number of benzene rings is 1. The van der Waals surface area contributed by atoms with E-state index in [1.165, 1.54) is 6.92 Å². The zero-order valence-electron chi connectivity index (χ0n) is 10.3. The fourth-order valence-corrected chi connectivity index (χ4v) is 1.90. The summed E-state index contributed by atoms with van der Waals surface area (Å²) in [7, 11) is 0. The Hall–Kier alpha value is -2.44. The first-order chi connectivity index (χ1) is 8.90. The van der Waals surface area contributed by atoms with Crippen LogP contribution < -0.4 is 20.5 Å². The van der Waals surface area contributed by atoms with Crippen molar-refractivity contribution in [3.8, 4) is 11.5 Å². The van der Waals surface area contributed by atoms with E-state index in [9.17, 15) is 14.7 Å². The number of nitrogens with one attached hydrogen (secondary N) is 1. The van der Waals surface area contributed by atoms with Crippen molar-refractivity contribution in [2.75, 3.05) is 6.79 Å². The number of urea groups is 1. The van der Waals surface area contributed by atoms with E-state index < -0.39 is 17.5 Å². The average Bonchev–Trinajstić information content (AvgIpc) is 2.74. The van der Waals surface area contributed by atoms with Gasteiger partial charge in [-0.15, -0.1) is 0 Å². The molecule has 2 amide bonds. The van der Waals surface area contributed by atoms with Crippen LogP contribution in [0.25, 0.3) is 0 Å². The van der Waals surface area contributed by atoms with Crippen molar-refractivity contribution in [1.29, 1.82) is 0 Å². The van der Waals surface area contributed by atoms with Gasteiger partial charge in [0.05, 0.1) is 0 Å². The summed E-state index contributed by atoms with van der Waals surface area (Å²) in [6, 6.07) is 4.22. The summed E-state index contributed by atoms with van der Waals surface area (Å²) in [5.74, 6) is 0.0110. The standard InChI is InChI=1S/C12H14N2O5/c1-12(10(15)16,14-11(13)17)5-7-2-3-8-9(4-7)19-6-18-8/h2-4H,5-6H2,1H3,(H,15,16)(H3,13,14,17). The molecule has 0 aromatic heterocycles. The Morgan fingerprint density at radius 3 is 2.74 bits per heavy atom. The second kappa shape index (κ2) is 4.68. The number of rotatable bonds is 4. The van der Waals surface area contributed by atoms with Crippen LogP contribution in [0.5, 0.6) is 11.5 Å². The van der Waals surface area contributed by atoms with Gasteiger partial charge >= 0.3 is 12.0 Å². The number of aliphatic carboxylic acids is 1. The fourth-order valence-electron chi connectivity index (χ4n) is 1.90. The van der Waals surface area contributed by atoms with Gasteiger partial charge < -0.3 is 25.6 Å². The van der Waals surface area contributed by atoms with E-state index >= 15 is 0 Å². The number of primary amides is 1. The molecule has 4 N–H and O–H groups in total. The van der Waals surface area contributed by atoms with E-state index in [-0.39, 0.29) is 13.2 Å². The first-order valence-corrected chi connectivity index (χ1v) is 5.60. The molecule has 102 valence electrons. The summed E-state index contributed by atoms with van der Waals surface area (Å²) in [6.45, 7) is 1.54. The third-order valence-corrected chi connectivity index (χ3v) is 2.87. The monoisotopic (exact) mass is 266 g/mol. The smallest absolute Gasteiger partial charge is 0.329 e. The highest BCUT2D eigenvalue weighted by Gasteiger charge is 2.35. The molecule has 7 nitrogen and oxygen atoms in total. The highest BCUT2D eigenvalue weighted by Crippen LogP contribution is 2.33. The molecule has 1 atom stereocenters. The number of carboxylic acid groups (broad SMARTS) is 1. The fraction of sp³-hybridized carbons (Fsp3) is 0.333. The second-order valence-electron chi connectivity index (χ2n) is 4.49. The predicted octanol–water partition coefficient (Wildman–Crippen LogP) is 0.469. The molecule has 1 unspecified atom stereocenters. The molecule has 1 aliphatic heterocycles. The van der Waals surface area contributed by atoms with Crippen LogP contribution in [0, 0.1) is 0 Å². The lowest BCUT2D eigenvalue weighted by Crippen LogP contribution is -2.55. The van der Waals surface area contributed by atoms with Gasteiger partial charge in [0, 0.05) is 6.42 Å². The van der Waals surface area contributed by atoms with Gasteiger partial charge in [0.2, 0.25) is 6.79 Å². The van der Waals surface area contributed by atoms with Crippen LogP contribution in [0.3, 0.4) is 0 Å². The minimum absolute atomic E-state index is 0.0852. The molecule has 0 aliphatic carbocycles. The quantitative estimate of drug-likeness (QED) is 0.733. The molecule has 0 radical (unpaired) electrons. The summed E-state index contributed by atoms with van der Waals surface area (Å²) < 4.78 is 10.4. The number of nitrogens with two attached hydrogens (primary N) is 1. The highest BCUT2D eigenvalue weighted by molar-refractivity contribution is 5.85. The van der Waals surface area contributed by atoms with E-state index in [0.717, 1.165) is 0 Å². The van der Waals surface area contributed by atoms with Gasteiger partial charge in [-0.3, -0.25) is 0 Å². The molecular formula is C12H14N2O5. The maximum atomic E-state index is 11.3. The molecule has 7 heteroatoms. The number of ether oxygens (including phenoxy) is 2. The van der Waals surface area contributed by atoms with Crippen molar-refractivity contribution in [1.82, 2.24) is 5.32 Å². The lowest BCUT2D eigenvalue weighted by Gasteiger charge is -2.25. The van der Waals surface area contributed by atoms with Gasteiger partial charge in [0.25, 0.3) is 0 Å². The number of fused-ring (bicyclic) bond motifs is 1. The van der Waals surface area contributed by atoms with Gasteiger partial charge in [-0.25, -0.2) is 9.59 Å². The number of carbonyl (C=O) groups excluding carboxylic acids is 1. The van der Waals surface area contributed by atoms with Crippen LogP contribution in [-0.2, 0) is 11.2 Å². The van der Waals surface area contributed by atoms with Gasteiger partial charge in [-0.05, 0) is 24.6 Å². The summed E-state index contributed by atoms with van der Waals surface area (Å²) in [4.78, 5) is 22.2. The number of hydrogen-bond acceptors (Lipinski definition) is 4. The molecular weight excluding hydrogens is 252 g/mol. The highest BCUT2D eigenvalue weighted by atomic mass is 16.7. The third-order valence-electron chi connectivity index (χ3n) is 2.87. The van der Waals surface area contributed by atoms with Crippen molar-refractivity contribution in [3.63, 3.8) is 0 Å². The Morgan fingerprint density at radius 1 is 1.42 bits per heavy atom. The summed E-state index contributed by atoms with van der Waals surface area (Å²) in [6.07, 6.45) is 0.0852. The average molecular weight is 266 g/mol. The normalized spacial score (nSPS) is 15.6. The van der Waals surface area contributed by atoms with Crippen molar-refractivity contribution in [2.24, 2.45) is 5.73 Å². The van der Waals surface area contributed by atoms with Gasteiger partial charge in [-0.2, -0.15) is 0 Å². The molecule has 0 fully saturated rings. The minimum atomic E-state index is -1.47. The zero-order valence-corrected chi connectivity index (χ0v) is 10.3. The Labute approximate surface area is 109 Å². The maximum absolute atomic E-state index is 11.3. The third kappa shape index (κ3) is 2.70. The molecule has 1 aliphatic rings. The number of carbonyl (C=O) groups is 2. The number of amides is 2. The Balaban J connectivity index is 2.22. The van der Waals surface area contributed by atoms with Crippen LogP contribution in [-0.4, -0.2) is 29.4 Å². The Bertz CT molecular complexity index is 531. The predicted molar refractivity (Wildman–Crippen MR) is 65.0 cm³/mol. The van der Waals surface area contributed by atoms with Crippen LogP contribution >= 0.6 is 0 Å². The summed E-state index contributed by atoms with van der Waals surface area (Å²) in [5, 5.41) is 11.4. The first kappa shape index (κ1) is 13.0. The maximum Gasteiger partial charge on any atom is 0.329 e. The Morgan fingerprint density at radius 2 is 2.11 bits per heavy atom. The number of hydrogen-bond donors (Lipinski definition) is 3. The largest absolute Gasteiger partial charge is 0.480 e. The van der Waals surface area contributed by atoms with E-state index in [0.29, 0.717) is 17.1 Å². The van der Waals surface area contributed by atoms with E-state index in [1.54, 1.807) is 18.2 Å². The lowest BCUT2D eigenvalue weighted by atomic mass is 9.93. The molecule has 2 rings (SSSR count). The molecule has 1 aromatic carbocycles. The van der Waals surface area contributed by atoms with Crippen molar-refractivity contribution in [3.05, 3.63) is 23.8 Å². The van der Waals surface area contributed by atoms with E-state index in [1.807, 2.05) is 0 Å². The topological polar surface area (TPSA) is 111 Å². The van der Waals surface area contributed by atoms with Crippen LogP contribution in [0.2, 0.25) is 0 Å². The second-order valence-corrected chi connectivity index (χ2v) is 4.49. The van der Waals surface area contributed by atoms with Crippen molar-refractivity contribution < 1.29 is 24.2 Å². The molecule has 19 heavy (non-hydrogen) atoms. The summed E-state index contributed by atoms with van der Waals surface area (Å²) >= 11 is 0. The number of carboxylic acids is 1. The van der Waals surface area contributed by atoms with Gasteiger partial charge in [-0.1, -0.05) is 6.07 Å². The molecule has 1 heterocycles. The van der Waals surface area contributed by atoms with E-state index in [4.69, 9.17) is 15.2 Å². The summed E-state index contributed by atoms with van der Waals surface area (Å²) in [5.41, 5.74) is 4.23. The SMILES string of the molecule is CC(Cc1ccc2c(c1)OCO2)(NC(N)=O)C(=O)O. The molecule has 1 aromatic rings. The van der Waals surface area contributed by atoms with Crippen molar-refractivity contribution in [2.45, 2.75) is 18.9 Å². The van der Waals surface area contributed by atoms with Gasteiger partial charge in [0.15, 0.2) is 11.5 Å². The lowest BCUT2D eigenvalue weighted by molar-refractivity contribution is -0.143. The molecule has 0 saturated heterocycles. The van der Waals surface area contributed by atoms with Crippen molar-refractivity contribution >= 4 is 12.0 Å². The molecule has 0 bridgehead atoms. The van der Waals surface area contributed by atoms with Crippen LogP contribution in [0.4, 0.5) is 4.79 Å². The zero-order chi connectivity index (χ0) is 14.0.